The van der Waals surface area contributed by atoms with Gasteiger partial charge >= 0.3 is 0 Å². The molecule has 1 heterocycles. The van der Waals surface area contributed by atoms with Crippen molar-refractivity contribution in [3.8, 4) is 0 Å². The third-order valence-corrected chi connectivity index (χ3v) is 7.09. The highest BCUT2D eigenvalue weighted by molar-refractivity contribution is 6.42. The molecule has 3 amide bonds. The van der Waals surface area contributed by atoms with Crippen molar-refractivity contribution in [2.24, 2.45) is 5.73 Å². The molecule has 3 rings (SSSR count). The summed E-state index contributed by atoms with van der Waals surface area (Å²) >= 11 is 12.2. The molecule has 0 aliphatic carbocycles. The van der Waals surface area contributed by atoms with Gasteiger partial charge in [0.15, 0.2) is 0 Å². The molecule has 3 N–H and O–H groups in total. The number of carbonyl (C=O) groups excluding carboxylic acids is 3. The number of hydrogen-bond donors (Lipinski definition) is 2. The standard InChI is InChI=1S/C26H30Cl2FN4O3/c1-31-26(36)23(15-18-4-9-21(27)22(28)14-18)32-12-13-33(20(16-32)8-10-24(30)34)25(35)11-5-17-2-6-19(29)7-3-17/h2-4,6-7,9,11,14,20,23H,5,8,10,12-13,15-16H2,1H3,(H2,30,34)(H,31,36). The lowest BCUT2D eigenvalue weighted by Crippen LogP contribution is -2.60. The number of piperazine rings is 1. The fourth-order valence-electron chi connectivity index (χ4n) is 4.40. The lowest BCUT2D eigenvalue weighted by atomic mass is 9.99. The van der Waals surface area contributed by atoms with E-state index in [2.05, 4.69) is 5.32 Å². The van der Waals surface area contributed by atoms with Crippen LogP contribution in [-0.2, 0) is 27.2 Å². The first-order chi connectivity index (χ1) is 17.2. The molecule has 0 saturated carbocycles. The Kier molecular flexibility index (Phi) is 10.1. The number of nitrogens with one attached hydrogen (secondary N) is 1. The number of halogens is 3. The van der Waals surface area contributed by atoms with Crippen molar-refractivity contribution in [1.82, 2.24) is 15.1 Å². The zero-order chi connectivity index (χ0) is 26.2. The van der Waals surface area contributed by atoms with Crippen LogP contribution >= 0.6 is 23.2 Å². The van der Waals surface area contributed by atoms with Crippen LogP contribution < -0.4 is 11.1 Å². The molecule has 1 saturated heterocycles. The molecular weight excluding hydrogens is 506 g/mol. The van der Waals surface area contributed by atoms with Crippen LogP contribution in [0.1, 0.15) is 24.0 Å². The fraction of sp³-hybridized carbons (Fsp3) is 0.385. The van der Waals surface area contributed by atoms with Crippen molar-refractivity contribution in [2.45, 2.75) is 37.8 Å². The molecule has 0 aromatic heterocycles. The number of nitrogens with zero attached hydrogens (tertiary/aromatic N) is 2. The number of carbonyl (C=O) groups is 3. The first-order valence-electron chi connectivity index (χ1n) is 11.7. The smallest absolute Gasteiger partial charge is 0.237 e. The molecule has 10 heteroatoms. The largest absolute Gasteiger partial charge is 0.370 e. The van der Waals surface area contributed by atoms with E-state index >= 15 is 0 Å². The zero-order valence-electron chi connectivity index (χ0n) is 20.1. The van der Waals surface area contributed by atoms with Crippen LogP contribution in [-0.4, -0.2) is 66.3 Å². The number of benzene rings is 2. The van der Waals surface area contributed by atoms with Crippen molar-refractivity contribution in [2.75, 3.05) is 26.7 Å². The SMILES string of the molecule is CNC(=O)C(Cc1ccc(Cl)c(Cl)c1)N1CCN(C(=O)[CH]Cc2ccc(F)cc2)C(CCC(N)=O)C1. The Morgan fingerprint density at radius 3 is 2.44 bits per heavy atom. The third kappa shape index (κ3) is 7.66. The van der Waals surface area contributed by atoms with Gasteiger partial charge in [-0.1, -0.05) is 41.4 Å². The summed E-state index contributed by atoms with van der Waals surface area (Å²) in [5, 5.41) is 3.57. The zero-order valence-corrected chi connectivity index (χ0v) is 21.6. The molecule has 0 spiro atoms. The van der Waals surface area contributed by atoms with Crippen molar-refractivity contribution < 1.29 is 18.8 Å². The fourth-order valence-corrected chi connectivity index (χ4v) is 4.72. The number of likely N-dealkylation sites (N-methyl/N-ethyl adjacent to an activating group) is 1. The summed E-state index contributed by atoms with van der Waals surface area (Å²) < 4.78 is 13.2. The molecular formula is C26H30Cl2FN4O3. The van der Waals surface area contributed by atoms with Crippen LogP contribution in [0.5, 0.6) is 0 Å². The molecule has 36 heavy (non-hydrogen) atoms. The predicted octanol–water partition coefficient (Wildman–Crippen LogP) is 3.01. The Morgan fingerprint density at radius 1 is 1.11 bits per heavy atom. The summed E-state index contributed by atoms with van der Waals surface area (Å²) in [6, 6.07) is 10.5. The average molecular weight is 536 g/mol. The molecule has 2 unspecified atom stereocenters. The Morgan fingerprint density at radius 2 is 1.81 bits per heavy atom. The van der Waals surface area contributed by atoms with Gasteiger partial charge in [-0.3, -0.25) is 19.3 Å². The second-order valence-corrected chi connectivity index (χ2v) is 9.62. The molecule has 2 aromatic carbocycles. The molecule has 7 nitrogen and oxygen atoms in total. The molecule has 2 aromatic rings. The van der Waals surface area contributed by atoms with Crippen molar-refractivity contribution in [1.29, 1.82) is 0 Å². The molecule has 193 valence electrons. The van der Waals surface area contributed by atoms with E-state index in [1.807, 2.05) is 11.0 Å². The second kappa shape index (κ2) is 13.0. The third-order valence-electron chi connectivity index (χ3n) is 6.35. The maximum absolute atomic E-state index is 13.2. The van der Waals surface area contributed by atoms with Crippen molar-refractivity contribution in [3.63, 3.8) is 0 Å². The number of rotatable bonds is 10. The van der Waals surface area contributed by atoms with Gasteiger partial charge in [0.05, 0.1) is 22.5 Å². The van der Waals surface area contributed by atoms with E-state index in [1.54, 1.807) is 42.6 Å². The van der Waals surface area contributed by atoms with Crippen LogP contribution in [0.4, 0.5) is 4.39 Å². The van der Waals surface area contributed by atoms with E-state index in [0.717, 1.165) is 11.1 Å². The molecule has 2 atom stereocenters. The van der Waals surface area contributed by atoms with Crippen LogP contribution in [0.3, 0.4) is 0 Å². The van der Waals surface area contributed by atoms with E-state index in [9.17, 15) is 18.8 Å². The van der Waals surface area contributed by atoms with E-state index in [1.165, 1.54) is 12.1 Å². The summed E-state index contributed by atoms with van der Waals surface area (Å²) in [5.41, 5.74) is 7.07. The molecule has 1 aliphatic heterocycles. The van der Waals surface area contributed by atoms with Crippen LogP contribution in [0.25, 0.3) is 0 Å². The number of nitrogens with two attached hydrogens (primary N) is 1. The van der Waals surface area contributed by atoms with E-state index in [0.29, 0.717) is 48.9 Å². The minimum Gasteiger partial charge on any atom is -0.370 e. The first kappa shape index (κ1) is 27.9. The topological polar surface area (TPSA) is 95.7 Å². The minimum atomic E-state index is -0.497. The normalized spacial score (nSPS) is 17.0. The Balaban J connectivity index is 1.73. The van der Waals surface area contributed by atoms with Crippen molar-refractivity contribution in [3.05, 3.63) is 75.9 Å². The van der Waals surface area contributed by atoms with Gasteiger partial charge in [-0.05, 0) is 54.7 Å². The maximum Gasteiger partial charge on any atom is 0.237 e. The Bertz CT molecular complexity index is 1080. The Labute approximate surface area is 220 Å². The van der Waals surface area contributed by atoms with Gasteiger partial charge in [-0.2, -0.15) is 0 Å². The highest BCUT2D eigenvalue weighted by atomic mass is 35.5. The highest BCUT2D eigenvalue weighted by Gasteiger charge is 2.35. The molecule has 0 bridgehead atoms. The lowest BCUT2D eigenvalue weighted by molar-refractivity contribution is -0.136. The molecule has 1 fully saturated rings. The van der Waals surface area contributed by atoms with Gasteiger partial charge in [0.1, 0.15) is 5.82 Å². The van der Waals surface area contributed by atoms with Gasteiger partial charge < -0.3 is 16.0 Å². The van der Waals surface area contributed by atoms with Gasteiger partial charge in [0.25, 0.3) is 0 Å². The van der Waals surface area contributed by atoms with Crippen LogP contribution in [0, 0.1) is 12.2 Å². The predicted molar refractivity (Wildman–Crippen MR) is 138 cm³/mol. The summed E-state index contributed by atoms with van der Waals surface area (Å²) in [5.74, 6) is -1.11. The van der Waals surface area contributed by atoms with Crippen molar-refractivity contribution >= 4 is 40.9 Å². The first-order valence-corrected chi connectivity index (χ1v) is 12.5. The monoisotopic (exact) mass is 535 g/mol. The van der Waals surface area contributed by atoms with Crippen LogP contribution in [0.15, 0.2) is 42.5 Å². The molecule has 1 aliphatic rings. The van der Waals surface area contributed by atoms with Gasteiger partial charge in [0, 0.05) is 39.1 Å². The van der Waals surface area contributed by atoms with Gasteiger partial charge in [0.2, 0.25) is 17.7 Å². The summed E-state index contributed by atoms with van der Waals surface area (Å²) in [7, 11) is 1.58. The quantitative estimate of drug-likeness (QED) is 0.488. The van der Waals surface area contributed by atoms with Gasteiger partial charge in [-0.15, -0.1) is 0 Å². The Hall–Kier alpha value is -2.68. The summed E-state index contributed by atoms with van der Waals surface area (Å²) in [6.07, 6.45) is 2.84. The summed E-state index contributed by atoms with van der Waals surface area (Å²) in [4.78, 5) is 41.2. The number of primary amides is 1. The average Bonchev–Trinajstić information content (AvgIpc) is 2.87. The maximum atomic E-state index is 13.2. The van der Waals surface area contributed by atoms with Gasteiger partial charge in [-0.25, -0.2) is 4.39 Å². The van der Waals surface area contributed by atoms with Crippen LogP contribution in [0.2, 0.25) is 10.0 Å². The van der Waals surface area contributed by atoms with E-state index in [4.69, 9.17) is 28.9 Å². The lowest BCUT2D eigenvalue weighted by Gasteiger charge is -2.44. The summed E-state index contributed by atoms with van der Waals surface area (Å²) in [6.45, 7) is 1.27. The van der Waals surface area contributed by atoms with E-state index in [-0.39, 0.29) is 30.1 Å². The highest BCUT2D eigenvalue weighted by Crippen LogP contribution is 2.25. The second-order valence-electron chi connectivity index (χ2n) is 8.80. The van der Waals surface area contributed by atoms with E-state index < -0.39 is 11.9 Å². The number of hydrogen-bond acceptors (Lipinski definition) is 4. The number of amides is 3. The molecule has 1 radical (unpaired) electrons. The minimum absolute atomic E-state index is 0.123.